The molecule has 1 nitrogen and oxygen atoms in total. The van der Waals surface area contributed by atoms with Gasteiger partial charge in [-0.1, -0.05) is 27.6 Å². The standard InChI is InChI=1S/C9H9BrO/c1-7-2-8(5-10)4-9(3-7)6-11/h2-4,6H,5H2,1H3. The molecule has 1 aromatic carbocycles. The Kier molecular flexibility index (Phi) is 2.83. The van der Waals surface area contributed by atoms with Crippen molar-refractivity contribution in [3.63, 3.8) is 0 Å². The summed E-state index contributed by atoms with van der Waals surface area (Å²) in [5.74, 6) is 0. The third-order valence-electron chi connectivity index (χ3n) is 1.45. The number of alkyl halides is 1. The molecular weight excluding hydrogens is 204 g/mol. The van der Waals surface area contributed by atoms with Gasteiger partial charge in [0.1, 0.15) is 6.29 Å². The van der Waals surface area contributed by atoms with E-state index in [0.717, 1.165) is 28.3 Å². The van der Waals surface area contributed by atoms with Crippen molar-refractivity contribution in [1.82, 2.24) is 0 Å². The quantitative estimate of drug-likeness (QED) is 0.545. The molecule has 0 amide bonds. The molecule has 11 heavy (non-hydrogen) atoms. The van der Waals surface area contributed by atoms with Gasteiger partial charge in [0.05, 0.1) is 0 Å². The van der Waals surface area contributed by atoms with E-state index in [1.807, 2.05) is 19.1 Å². The molecule has 0 saturated heterocycles. The summed E-state index contributed by atoms with van der Waals surface area (Å²) >= 11 is 3.34. The maximum Gasteiger partial charge on any atom is 0.150 e. The van der Waals surface area contributed by atoms with Gasteiger partial charge in [-0.3, -0.25) is 4.79 Å². The number of hydrogen-bond acceptors (Lipinski definition) is 1. The number of benzene rings is 1. The van der Waals surface area contributed by atoms with E-state index in [0.29, 0.717) is 0 Å². The van der Waals surface area contributed by atoms with Crippen LogP contribution in [0.25, 0.3) is 0 Å². The van der Waals surface area contributed by atoms with Crippen molar-refractivity contribution >= 4 is 22.2 Å². The van der Waals surface area contributed by atoms with Gasteiger partial charge in [-0.25, -0.2) is 0 Å². The Morgan fingerprint density at radius 3 is 2.73 bits per heavy atom. The van der Waals surface area contributed by atoms with Crippen LogP contribution < -0.4 is 0 Å². The lowest BCUT2D eigenvalue weighted by Gasteiger charge is -1.98. The molecule has 1 rings (SSSR count). The second kappa shape index (κ2) is 3.67. The van der Waals surface area contributed by atoms with E-state index >= 15 is 0 Å². The molecule has 0 fully saturated rings. The summed E-state index contributed by atoms with van der Waals surface area (Å²) in [6.07, 6.45) is 0.874. The second-order valence-corrected chi connectivity index (χ2v) is 3.06. The van der Waals surface area contributed by atoms with Crippen LogP contribution in [0.1, 0.15) is 21.5 Å². The van der Waals surface area contributed by atoms with Crippen molar-refractivity contribution in [3.05, 3.63) is 34.9 Å². The molecule has 0 aliphatic rings. The zero-order valence-corrected chi connectivity index (χ0v) is 7.89. The highest BCUT2D eigenvalue weighted by molar-refractivity contribution is 9.08. The van der Waals surface area contributed by atoms with Crippen LogP contribution in [-0.2, 0) is 5.33 Å². The highest BCUT2D eigenvalue weighted by Gasteiger charge is 1.95. The predicted octanol–water partition coefficient (Wildman–Crippen LogP) is 2.70. The van der Waals surface area contributed by atoms with Crippen molar-refractivity contribution < 1.29 is 4.79 Å². The molecule has 0 N–H and O–H groups in total. The zero-order chi connectivity index (χ0) is 8.27. The van der Waals surface area contributed by atoms with E-state index in [4.69, 9.17) is 0 Å². The SMILES string of the molecule is Cc1cc(C=O)cc(CBr)c1. The fraction of sp³-hybridized carbons (Fsp3) is 0.222. The first-order valence-electron chi connectivity index (χ1n) is 3.38. The van der Waals surface area contributed by atoms with Crippen LogP contribution in [0.2, 0.25) is 0 Å². The smallest absolute Gasteiger partial charge is 0.150 e. The lowest BCUT2D eigenvalue weighted by Crippen LogP contribution is -1.85. The molecule has 0 radical (unpaired) electrons. The Morgan fingerprint density at radius 1 is 1.45 bits per heavy atom. The number of hydrogen-bond donors (Lipinski definition) is 0. The first-order chi connectivity index (χ1) is 5.26. The predicted molar refractivity (Wildman–Crippen MR) is 49.2 cm³/mol. The molecule has 58 valence electrons. The molecular formula is C9H9BrO. The van der Waals surface area contributed by atoms with Gasteiger partial charge in [-0.2, -0.15) is 0 Å². The van der Waals surface area contributed by atoms with Crippen LogP contribution in [-0.4, -0.2) is 6.29 Å². The number of halogens is 1. The van der Waals surface area contributed by atoms with Crippen LogP contribution in [0.3, 0.4) is 0 Å². The van der Waals surface area contributed by atoms with Crippen LogP contribution in [0.15, 0.2) is 18.2 Å². The van der Waals surface area contributed by atoms with Gasteiger partial charge >= 0.3 is 0 Å². The summed E-state index contributed by atoms with van der Waals surface area (Å²) in [4.78, 5) is 10.4. The molecule has 1 aromatic rings. The van der Waals surface area contributed by atoms with Crippen LogP contribution in [0, 0.1) is 6.92 Å². The van der Waals surface area contributed by atoms with Crippen molar-refractivity contribution in [2.24, 2.45) is 0 Å². The molecule has 0 aliphatic carbocycles. The number of rotatable bonds is 2. The highest BCUT2D eigenvalue weighted by Crippen LogP contribution is 2.10. The van der Waals surface area contributed by atoms with E-state index < -0.39 is 0 Å². The molecule has 0 bridgehead atoms. The minimum Gasteiger partial charge on any atom is -0.298 e. The number of carbonyl (C=O) groups excluding carboxylic acids is 1. The fourth-order valence-electron chi connectivity index (χ4n) is 1.04. The lowest BCUT2D eigenvalue weighted by molar-refractivity contribution is 0.112. The Hall–Kier alpha value is -0.630. The normalized spacial score (nSPS) is 9.64. The van der Waals surface area contributed by atoms with Crippen molar-refractivity contribution in [2.75, 3.05) is 0 Å². The summed E-state index contributed by atoms with van der Waals surface area (Å²) < 4.78 is 0. The van der Waals surface area contributed by atoms with Crippen LogP contribution in [0.5, 0.6) is 0 Å². The molecule has 0 aromatic heterocycles. The van der Waals surface area contributed by atoms with Gasteiger partial charge in [0, 0.05) is 10.9 Å². The maximum atomic E-state index is 10.4. The van der Waals surface area contributed by atoms with Crippen molar-refractivity contribution in [2.45, 2.75) is 12.3 Å². The van der Waals surface area contributed by atoms with E-state index in [1.54, 1.807) is 0 Å². The largest absolute Gasteiger partial charge is 0.298 e. The molecule has 0 aliphatic heterocycles. The average Bonchev–Trinajstić information content (AvgIpc) is 2.03. The first-order valence-corrected chi connectivity index (χ1v) is 4.50. The molecule has 0 spiro atoms. The number of carbonyl (C=O) groups is 1. The summed E-state index contributed by atoms with van der Waals surface area (Å²) in [5.41, 5.74) is 3.02. The Labute approximate surface area is 74.6 Å². The Bertz CT molecular complexity index is 268. The van der Waals surface area contributed by atoms with Gasteiger partial charge < -0.3 is 0 Å². The maximum absolute atomic E-state index is 10.4. The van der Waals surface area contributed by atoms with Gasteiger partial charge in [0.25, 0.3) is 0 Å². The number of aldehydes is 1. The number of aryl methyl sites for hydroxylation is 1. The monoisotopic (exact) mass is 212 g/mol. The van der Waals surface area contributed by atoms with E-state index in [9.17, 15) is 4.79 Å². The van der Waals surface area contributed by atoms with Crippen LogP contribution >= 0.6 is 15.9 Å². The first kappa shape index (κ1) is 8.47. The van der Waals surface area contributed by atoms with Crippen LogP contribution in [0.4, 0.5) is 0 Å². The van der Waals surface area contributed by atoms with Crippen molar-refractivity contribution in [3.8, 4) is 0 Å². The molecule has 0 saturated carbocycles. The molecule has 2 heteroatoms. The highest BCUT2D eigenvalue weighted by atomic mass is 79.9. The Balaban J connectivity index is 3.11. The lowest BCUT2D eigenvalue weighted by atomic mass is 10.1. The van der Waals surface area contributed by atoms with Gasteiger partial charge in [-0.15, -0.1) is 0 Å². The molecule has 0 unspecified atom stereocenters. The summed E-state index contributed by atoms with van der Waals surface area (Å²) in [6, 6.07) is 5.82. The van der Waals surface area contributed by atoms with Gasteiger partial charge in [-0.05, 0) is 24.6 Å². The fourth-order valence-corrected chi connectivity index (χ4v) is 1.36. The third-order valence-corrected chi connectivity index (χ3v) is 2.10. The van der Waals surface area contributed by atoms with Gasteiger partial charge in [0.15, 0.2) is 0 Å². The zero-order valence-electron chi connectivity index (χ0n) is 6.30. The minimum absolute atomic E-state index is 0.749. The van der Waals surface area contributed by atoms with E-state index in [1.165, 1.54) is 0 Å². The third kappa shape index (κ3) is 2.15. The van der Waals surface area contributed by atoms with E-state index in [2.05, 4.69) is 22.0 Å². The topological polar surface area (TPSA) is 17.1 Å². The molecule has 0 heterocycles. The van der Waals surface area contributed by atoms with Crippen molar-refractivity contribution in [1.29, 1.82) is 0 Å². The average molecular weight is 213 g/mol. The summed E-state index contributed by atoms with van der Waals surface area (Å²) in [5, 5.41) is 0.801. The molecule has 0 atom stereocenters. The van der Waals surface area contributed by atoms with Gasteiger partial charge in [0.2, 0.25) is 0 Å². The van der Waals surface area contributed by atoms with E-state index in [-0.39, 0.29) is 0 Å². The summed E-state index contributed by atoms with van der Waals surface area (Å²) in [7, 11) is 0. The Morgan fingerprint density at radius 2 is 2.18 bits per heavy atom. The second-order valence-electron chi connectivity index (χ2n) is 2.50. The minimum atomic E-state index is 0.749. The summed E-state index contributed by atoms with van der Waals surface area (Å²) in [6.45, 7) is 1.99.